The maximum absolute atomic E-state index is 13.9. The molecule has 1 unspecified atom stereocenters. The van der Waals surface area contributed by atoms with E-state index in [-0.39, 0.29) is 5.75 Å². The van der Waals surface area contributed by atoms with E-state index in [1.165, 1.54) is 12.1 Å². The molecule has 0 saturated carbocycles. The van der Waals surface area contributed by atoms with Crippen LogP contribution < -0.4 is 0 Å². The number of benzene rings is 1. The highest BCUT2D eigenvalue weighted by Crippen LogP contribution is 2.30. The van der Waals surface area contributed by atoms with Crippen molar-refractivity contribution in [3.05, 3.63) is 29.6 Å². The molecule has 0 aromatic heterocycles. The molecule has 0 heterocycles. The minimum absolute atomic E-state index is 0.144. The molecule has 0 aliphatic heterocycles. The zero-order valence-electron chi connectivity index (χ0n) is 11.6. The number of carboxylic acid groups (broad SMARTS) is 1. The van der Waals surface area contributed by atoms with E-state index in [4.69, 9.17) is 0 Å². The van der Waals surface area contributed by atoms with Crippen LogP contribution in [0.15, 0.2) is 18.2 Å². The van der Waals surface area contributed by atoms with Crippen LogP contribution >= 0.6 is 0 Å². The molecule has 1 rings (SSSR count). The summed E-state index contributed by atoms with van der Waals surface area (Å²) in [4.78, 5) is 13.0. The van der Waals surface area contributed by atoms with Gasteiger partial charge in [-0.1, -0.05) is 13.0 Å². The summed E-state index contributed by atoms with van der Waals surface area (Å²) in [5.41, 5.74) is -0.729. The van der Waals surface area contributed by atoms with Gasteiger partial charge in [-0.2, -0.15) is 0 Å². The molecule has 1 aromatic rings. The third-order valence-electron chi connectivity index (χ3n) is 3.48. The number of phenolic OH excluding ortho intramolecular Hbond substituents is 1. The fraction of sp³-hybridized carbons (Fsp3) is 0.500. The Morgan fingerprint density at radius 3 is 2.47 bits per heavy atom. The molecular weight excluding hydrogens is 249 g/mol. The Kier molecular flexibility index (Phi) is 4.52. The van der Waals surface area contributed by atoms with Crippen LogP contribution in [-0.2, 0) is 4.79 Å². The van der Waals surface area contributed by atoms with E-state index in [0.717, 1.165) is 6.07 Å². The van der Waals surface area contributed by atoms with Crippen molar-refractivity contribution in [1.29, 1.82) is 0 Å². The molecule has 0 saturated heterocycles. The number of halogens is 1. The van der Waals surface area contributed by atoms with Gasteiger partial charge in [-0.3, -0.25) is 9.69 Å². The molecule has 106 valence electrons. The smallest absolute Gasteiger partial charge is 0.323 e. The molecule has 19 heavy (non-hydrogen) atoms. The van der Waals surface area contributed by atoms with E-state index in [1.54, 1.807) is 25.7 Å². The summed E-state index contributed by atoms with van der Waals surface area (Å²) in [7, 11) is 0. The van der Waals surface area contributed by atoms with Gasteiger partial charge in [-0.25, -0.2) is 4.39 Å². The Labute approximate surface area is 112 Å². The standard InChI is InChI=1S/C14H20FNO3/c1-5-16(14(3,4)13(18)19)9(2)11-7-6-10(17)8-12(11)15/h6-9,17H,5H2,1-4H3,(H,18,19). The lowest BCUT2D eigenvalue weighted by atomic mass is 9.97. The molecule has 0 aliphatic carbocycles. The molecule has 1 aromatic carbocycles. The molecular formula is C14H20FNO3. The van der Waals surface area contributed by atoms with Crippen molar-refractivity contribution in [2.75, 3.05) is 6.54 Å². The van der Waals surface area contributed by atoms with Crippen molar-refractivity contribution >= 4 is 5.97 Å². The Balaban J connectivity index is 3.15. The lowest BCUT2D eigenvalue weighted by molar-refractivity contribution is -0.150. The monoisotopic (exact) mass is 269 g/mol. The Bertz CT molecular complexity index is 474. The zero-order chi connectivity index (χ0) is 14.8. The first kappa shape index (κ1) is 15.4. The number of carboxylic acids is 1. The molecule has 0 aliphatic rings. The van der Waals surface area contributed by atoms with Crippen LogP contribution in [0.5, 0.6) is 5.75 Å². The molecule has 1 atom stereocenters. The van der Waals surface area contributed by atoms with Crippen LogP contribution in [0.3, 0.4) is 0 Å². The summed E-state index contributed by atoms with van der Waals surface area (Å²) in [6.45, 7) is 7.24. The van der Waals surface area contributed by atoms with Crippen LogP contribution in [-0.4, -0.2) is 33.2 Å². The first-order valence-electron chi connectivity index (χ1n) is 6.20. The van der Waals surface area contributed by atoms with E-state index in [9.17, 15) is 19.4 Å². The summed E-state index contributed by atoms with van der Waals surface area (Å²) in [5, 5.41) is 18.5. The molecule has 0 fully saturated rings. The average Bonchev–Trinajstić information content (AvgIpc) is 2.28. The minimum Gasteiger partial charge on any atom is -0.508 e. The van der Waals surface area contributed by atoms with Crippen molar-refractivity contribution in [3.8, 4) is 5.75 Å². The second-order valence-corrected chi connectivity index (χ2v) is 5.03. The SMILES string of the molecule is CCN(C(C)c1ccc(O)cc1F)C(C)(C)C(=O)O. The van der Waals surface area contributed by atoms with Gasteiger partial charge in [0.05, 0.1) is 0 Å². The highest BCUT2D eigenvalue weighted by molar-refractivity contribution is 5.77. The predicted molar refractivity (Wildman–Crippen MR) is 70.6 cm³/mol. The first-order chi connectivity index (χ1) is 8.71. The molecule has 5 heteroatoms. The zero-order valence-corrected chi connectivity index (χ0v) is 11.6. The van der Waals surface area contributed by atoms with Crippen molar-refractivity contribution in [2.24, 2.45) is 0 Å². The highest BCUT2D eigenvalue weighted by atomic mass is 19.1. The van der Waals surface area contributed by atoms with Gasteiger partial charge in [0.1, 0.15) is 17.1 Å². The van der Waals surface area contributed by atoms with Gasteiger partial charge in [0.2, 0.25) is 0 Å². The lowest BCUT2D eigenvalue weighted by Gasteiger charge is -2.39. The summed E-state index contributed by atoms with van der Waals surface area (Å²) >= 11 is 0. The number of phenols is 1. The third kappa shape index (κ3) is 3.04. The van der Waals surface area contributed by atoms with Gasteiger partial charge in [-0.15, -0.1) is 0 Å². The molecule has 0 bridgehead atoms. The Morgan fingerprint density at radius 2 is 2.05 bits per heavy atom. The number of aromatic hydroxyl groups is 1. The Hall–Kier alpha value is -1.62. The first-order valence-corrected chi connectivity index (χ1v) is 6.20. The third-order valence-corrected chi connectivity index (χ3v) is 3.48. The minimum atomic E-state index is -1.10. The topological polar surface area (TPSA) is 60.8 Å². The largest absolute Gasteiger partial charge is 0.508 e. The van der Waals surface area contributed by atoms with E-state index >= 15 is 0 Å². The van der Waals surface area contributed by atoms with Gasteiger partial charge in [0.15, 0.2) is 0 Å². The molecule has 2 N–H and O–H groups in total. The van der Waals surface area contributed by atoms with E-state index in [1.807, 2.05) is 6.92 Å². The fourth-order valence-corrected chi connectivity index (χ4v) is 2.30. The molecule has 0 amide bonds. The maximum Gasteiger partial charge on any atom is 0.323 e. The maximum atomic E-state index is 13.9. The van der Waals surface area contributed by atoms with Crippen LogP contribution in [0.4, 0.5) is 4.39 Å². The number of hydrogen-bond acceptors (Lipinski definition) is 3. The Morgan fingerprint density at radius 1 is 1.47 bits per heavy atom. The van der Waals surface area contributed by atoms with Crippen LogP contribution in [0.2, 0.25) is 0 Å². The quantitative estimate of drug-likeness (QED) is 0.863. The van der Waals surface area contributed by atoms with Crippen LogP contribution in [0, 0.1) is 5.82 Å². The number of likely N-dealkylation sites (N-methyl/N-ethyl adjacent to an activating group) is 1. The van der Waals surface area contributed by atoms with Crippen molar-refractivity contribution < 1.29 is 19.4 Å². The summed E-state index contributed by atoms with van der Waals surface area (Å²) in [6.07, 6.45) is 0. The van der Waals surface area contributed by atoms with Crippen molar-refractivity contribution in [1.82, 2.24) is 4.90 Å². The van der Waals surface area contributed by atoms with Crippen LogP contribution in [0.25, 0.3) is 0 Å². The summed E-state index contributed by atoms with van der Waals surface area (Å²) in [6, 6.07) is 3.51. The van der Waals surface area contributed by atoms with Crippen LogP contribution in [0.1, 0.15) is 39.3 Å². The lowest BCUT2D eigenvalue weighted by Crippen LogP contribution is -2.51. The normalized spacial score (nSPS) is 13.6. The number of hydrogen-bond donors (Lipinski definition) is 2. The molecule has 0 spiro atoms. The summed E-state index contributed by atoms with van der Waals surface area (Å²) in [5.74, 6) is -1.64. The second-order valence-electron chi connectivity index (χ2n) is 5.03. The van der Waals surface area contributed by atoms with Gasteiger partial charge in [0.25, 0.3) is 0 Å². The van der Waals surface area contributed by atoms with Gasteiger partial charge in [-0.05, 0) is 33.4 Å². The van der Waals surface area contributed by atoms with Crippen molar-refractivity contribution in [2.45, 2.75) is 39.3 Å². The number of aliphatic carboxylic acids is 1. The van der Waals surface area contributed by atoms with Gasteiger partial charge >= 0.3 is 5.97 Å². The summed E-state index contributed by atoms with van der Waals surface area (Å²) < 4.78 is 13.9. The average molecular weight is 269 g/mol. The van der Waals surface area contributed by atoms with Crippen molar-refractivity contribution in [3.63, 3.8) is 0 Å². The molecule has 0 radical (unpaired) electrons. The fourth-order valence-electron chi connectivity index (χ4n) is 2.30. The van der Waals surface area contributed by atoms with Gasteiger partial charge in [0, 0.05) is 17.7 Å². The van der Waals surface area contributed by atoms with E-state index in [2.05, 4.69) is 0 Å². The van der Waals surface area contributed by atoms with E-state index < -0.39 is 23.4 Å². The predicted octanol–water partition coefficient (Wildman–Crippen LogP) is 2.78. The molecule has 4 nitrogen and oxygen atoms in total. The number of carbonyl (C=O) groups is 1. The van der Waals surface area contributed by atoms with E-state index in [0.29, 0.717) is 12.1 Å². The second kappa shape index (κ2) is 5.57. The van der Waals surface area contributed by atoms with Gasteiger partial charge < -0.3 is 10.2 Å². The highest BCUT2D eigenvalue weighted by Gasteiger charge is 2.37. The number of nitrogens with zero attached hydrogens (tertiary/aromatic N) is 1. The number of rotatable bonds is 5.